The van der Waals surface area contributed by atoms with Gasteiger partial charge in [0.05, 0.1) is 6.04 Å². The highest BCUT2D eigenvalue weighted by molar-refractivity contribution is 5.90. The molecule has 1 aromatic rings. The number of aromatic carboxylic acids is 1. The Morgan fingerprint density at radius 3 is 2.59 bits per heavy atom. The molecule has 2 rings (SSSR count). The molecule has 1 aliphatic rings. The van der Waals surface area contributed by atoms with Crippen LogP contribution in [0.2, 0.25) is 0 Å². The molecular weight excluding hydrogens is 220 g/mol. The second kappa shape index (κ2) is 4.45. The lowest BCUT2D eigenvalue weighted by Crippen LogP contribution is -2.16. The standard InChI is InChI=1S/C11H14N4O2/c12-6-8-9(11(16)17)14-15(10(8)13)7-4-2-1-3-5-7/h7H,1-5,13H2,(H,16,17). The van der Waals surface area contributed by atoms with E-state index in [1.54, 1.807) is 0 Å². The summed E-state index contributed by atoms with van der Waals surface area (Å²) in [6.45, 7) is 0. The number of carboxylic acids is 1. The van der Waals surface area contributed by atoms with Crippen molar-refractivity contribution in [2.24, 2.45) is 0 Å². The lowest BCUT2D eigenvalue weighted by molar-refractivity contribution is 0.0688. The maximum absolute atomic E-state index is 10.9. The van der Waals surface area contributed by atoms with E-state index in [9.17, 15) is 4.79 Å². The molecule has 1 aliphatic carbocycles. The first-order valence-corrected chi connectivity index (χ1v) is 5.66. The average molecular weight is 234 g/mol. The quantitative estimate of drug-likeness (QED) is 0.807. The summed E-state index contributed by atoms with van der Waals surface area (Å²) < 4.78 is 1.52. The Kier molecular flexibility index (Phi) is 3.00. The van der Waals surface area contributed by atoms with Gasteiger partial charge in [-0.3, -0.25) is 0 Å². The molecule has 1 fully saturated rings. The van der Waals surface area contributed by atoms with Crippen LogP contribution in [0, 0.1) is 11.3 Å². The number of hydrogen-bond donors (Lipinski definition) is 2. The van der Waals surface area contributed by atoms with Gasteiger partial charge >= 0.3 is 5.97 Å². The Bertz CT molecular complexity index is 480. The van der Waals surface area contributed by atoms with Gasteiger partial charge in [-0.1, -0.05) is 19.3 Å². The van der Waals surface area contributed by atoms with Crippen molar-refractivity contribution in [1.82, 2.24) is 9.78 Å². The molecule has 6 heteroatoms. The molecule has 1 saturated carbocycles. The van der Waals surface area contributed by atoms with Crippen molar-refractivity contribution in [2.75, 3.05) is 5.73 Å². The van der Waals surface area contributed by atoms with Gasteiger partial charge in [-0.25, -0.2) is 9.48 Å². The summed E-state index contributed by atoms with van der Waals surface area (Å²) in [5.74, 6) is -1.03. The molecule has 1 aromatic heterocycles. The van der Waals surface area contributed by atoms with Crippen molar-refractivity contribution < 1.29 is 9.90 Å². The molecule has 0 aliphatic heterocycles. The molecule has 0 saturated heterocycles. The first-order valence-electron chi connectivity index (χ1n) is 5.66. The number of carboxylic acid groups (broad SMARTS) is 1. The van der Waals surface area contributed by atoms with E-state index >= 15 is 0 Å². The molecular formula is C11H14N4O2. The van der Waals surface area contributed by atoms with Crippen LogP contribution in [0.4, 0.5) is 5.82 Å². The van der Waals surface area contributed by atoms with Crippen molar-refractivity contribution in [3.05, 3.63) is 11.3 Å². The summed E-state index contributed by atoms with van der Waals surface area (Å²) in [5, 5.41) is 21.8. The molecule has 17 heavy (non-hydrogen) atoms. The van der Waals surface area contributed by atoms with Gasteiger partial charge in [0.25, 0.3) is 0 Å². The highest BCUT2D eigenvalue weighted by Crippen LogP contribution is 2.31. The Hall–Kier alpha value is -2.03. The van der Waals surface area contributed by atoms with Crippen molar-refractivity contribution >= 4 is 11.8 Å². The summed E-state index contributed by atoms with van der Waals surface area (Å²) in [5.41, 5.74) is 5.53. The summed E-state index contributed by atoms with van der Waals surface area (Å²) in [7, 11) is 0. The fraction of sp³-hybridized carbons (Fsp3) is 0.545. The second-order valence-corrected chi connectivity index (χ2v) is 4.26. The maximum atomic E-state index is 10.9. The van der Waals surface area contributed by atoms with Crippen LogP contribution in [-0.4, -0.2) is 20.9 Å². The fourth-order valence-corrected chi connectivity index (χ4v) is 2.31. The second-order valence-electron chi connectivity index (χ2n) is 4.26. The van der Waals surface area contributed by atoms with Gasteiger partial charge in [0.15, 0.2) is 5.69 Å². The molecule has 6 nitrogen and oxygen atoms in total. The van der Waals surface area contributed by atoms with Crippen LogP contribution in [0.25, 0.3) is 0 Å². The highest BCUT2D eigenvalue weighted by Gasteiger charge is 2.25. The number of nitriles is 1. The highest BCUT2D eigenvalue weighted by atomic mass is 16.4. The maximum Gasteiger partial charge on any atom is 0.357 e. The van der Waals surface area contributed by atoms with Gasteiger partial charge in [-0.05, 0) is 12.8 Å². The number of nitrogens with zero attached hydrogens (tertiary/aromatic N) is 3. The van der Waals surface area contributed by atoms with E-state index in [0.717, 1.165) is 25.7 Å². The van der Waals surface area contributed by atoms with Gasteiger partial charge in [0.2, 0.25) is 0 Å². The molecule has 1 heterocycles. The third-order valence-electron chi connectivity index (χ3n) is 3.18. The largest absolute Gasteiger partial charge is 0.476 e. The molecule has 0 atom stereocenters. The molecule has 90 valence electrons. The number of nitrogens with two attached hydrogens (primary N) is 1. The van der Waals surface area contributed by atoms with E-state index in [1.807, 2.05) is 6.07 Å². The van der Waals surface area contributed by atoms with Gasteiger partial charge in [0, 0.05) is 0 Å². The van der Waals surface area contributed by atoms with Crippen LogP contribution in [0.15, 0.2) is 0 Å². The lowest BCUT2D eigenvalue weighted by atomic mass is 9.96. The van der Waals surface area contributed by atoms with Gasteiger partial charge < -0.3 is 10.8 Å². The van der Waals surface area contributed by atoms with Crippen LogP contribution < -0.4 is 5.73 Å². The predicted molar refractivity (Wildman–Crippen MR) is 60.4 cm³/mol. The van der Waals surface area contributed by atoms with E-state index in [2.05, 4.69) is 5.10 Å². The number of hydrogen-bond acceptors (Lipinski definition) is 4. The van der Waals surface area contributed by atoms with Crippen LogP contribution >= 0.6 is 0 Å². The average Bonchev–Trinajstić information content (AvgIpc) is 2.67. The van der Waals surface area contributed by atoms with E-state index in [4.69, 9.17) is 16.1 Å². The molecule has 0 bridgehead atoms. The van der Waals surface area contributed by atoms with Crippen molar-refractivity contribution in [3.63, 3.8) is 0 Å². The molecule has 0 amide bonds. The third-order valence-corrected chi connectivity index (χ3v) is 3.18. The Labute approximate surface area is 98.6 Å². The lowest BCUT2D eigenvalue weighted by Gasteiger charge is -2.22. The summed E-state index contributed by atoms with van der Waals surface area (Å²) in [6.07, 6.45) is 5.25. The van der Waals surface area contributed by atoms with E-state index in [0.29, 0.717) is 0 Å². The molecule has 0 aromatic carbocycles. The third kappa shape index (κ3) is 1.96. The fourth-order valence-electron chi connectivity index (χ4n) is 2.31. The molecule has 0 unspecified atom stereocenters. The van der Waals surface area contributed by atoms with E-state index in [-0.39, 0.29) is 23.1 Å². The van der Waals surface area contributed by atoms with Crippen LogP contribution in [0.3, 0.4) is 0 Å². The van der Waals surface area contributed by atoms with Crippen LogP contribution in [-0.2, 0) is 0 Å². The molecule has 3 N–H and O–H groups in total. The SMILES string of the molecule is N#Cc1c(C(=O)O)nn(C2CCCCC2)c1N. The minimum atomic E-state index is -1.21. The van der Waals surface area contributed by atoms with Crippen molar-refractivity contribution in [3.8, 4) is 6.07 Å². The number of nitrogen functional groups attached to an aromatic ring is 1. The van der Waals surface area contributed by atoms with Crippen LogP contribution in [0.5, 0.6) is 0 Å². The number of anilines is 1. The van der Waals surface area contributed by atoms with Crippen LogP contribution in [0.1, 0.15) is 54.2 Å². The Morgan fingerprint density at radius 2 is 2.12 bits per heavy atom. The number of rotatable bonds is 2. The zero-order chi connectivity index (χ0) is 12.4. The Morgan fingerprint density at radius 1 is 1.47 bits per heavy atom. The summed E-state index contributed by atoms with van der Waals surface area (Å²) in [6, 6.07) is 1.94. The molecule has 0 radical (unpaired) electrons. The monoisotopic (exact) mass is 234 g/mol. The minimum absolute atomic E-state index is 0.0249. The molecule has 0 spiro atoms. The Balaban J connectivity index is 2.41. The van der Waals surface area contributed by atoms with Crippen molar-refractivity contribution in [1.29, 1.82) is 5.26 Å². The zero-order valence-electron chi connectivity index (χ0n) is 9.39. The zero-order valence-corrected chi connectivity index (χ0v) is 9.39. The smallest absolute Gasteiger partial charge is 0.357 e. The number of carbonyl (C=O) groups is 1. The summed E-state index contributed by atoms with van der Waals surface area (Å²) in [4.78, 5) is 10.9. The number of aromatic nitrogens is 2. The van der Waals surface area contributed by atoms with Gasteiger partial charge in [-0.2, -0.15) is 10.4 Å². The van der Waals surface area contributed by atoms with Crippen molar-refractivity contribution in [2.45, 2.75) is 38.1 Å². The minimum Gasteiger partial charge on any atom is -0.476 e. The first kappa shape index (κ1) is 11.5. The topological polar surface area (TPSA) is 105 Å². The summed E-state index contributed by atoms with van der Waals surface area (Å²) >= 11 is 0. The predicted octanol–water partition coefficient (Wildman–Crippen LogP) is 1.54. The normalized spacial score (nSPS) is 16.6. The van der Waals surface area contributed by atoms with Gasteiger partial charge in [-0.15, -0.1) is 0 Å². The first-order chi connectivity index (χ1) is 8.15. The van der Waals surface area contributed by atoms with E-state index in [1.165, 1.54) is 11.1 Å². The van der Waals surface area contributed by atoms with Gasteiger partial charge in [0.1, 0.15) is 17.5 Å². The van der Waals surface area contributed by atoms with E-state index < -0.39 is 5.97 Å².